The number of nitrogens with zero attached hydrogens (tertiary/aromatic N) is 5. The van der Waals surface area contributed by atoms with Gasteiger partial charge >= 0.3 is 0 Å². The van der Waals surface area contributed by atoms with Crippen LogP contribution in [-0.2, 0) is 35.4 Å². The maximum absolute atomic E-state index is 13.2. The van der Waals surface area contributed by atoms with Gasteiger partial charge in [0.15, 0.2) is 5.82 Å². The van der Waals surface area contributed by atoms with E-state index in [1.54, 1.807) is 25.9 Å². The summed E-state index contributed by atoms with van der Waals surface area (Å²) in [5.41, 5.74) is 0. The molecule has 32 heavy (non-hydrogen) atoms. The Morgan fingerprint density at radius 1 is 1.06 bits per heavy atom. The van der Waals surface area contributed by atoms with Crippen molar-refractivity contribution in [1.82, 2.24) is 24.7 Å². The average molecular weight is 493 g/mol. The lowest BCUT2D eigenvalue weighted by Crippen LogP contribution is -2.34. The Morgan fingerprint density at radius 2 is 1.69 bits per heavy atom. The van der Waals surface area contributed by atoms with E-state index < -0.39 is 21.4 Å². The highest BCUT2D eigenvalue weighted by Gasteiger charge is 2.34. The summed E-state index contributed by atoms with van der Waals surface area (Å²) >= 11 is 5.83. The van der Waals surface area contributed by atoms with Crippen molar-refractivity contribution in [2.75, 3.05) is 53.0 Å². The van der Waals surface area contributed by atoms with Gasteiger partial charge in [-0.1, -0.05) is 11.6 Å². The molecule has 1 N–H and O–H groups in total. The van der Waals surface area contributed by atoms with Crippen molar-refractivity contribution in [1.29, 1.82) is 0 Å². The van der Waals surface area contributed by atoms with Crippen LogP contribution in [0.5, 0.6) is 0 Å². The normalized spacial score (nSPS) is 14.0. The molecule has 2 atom stereocenters. The van der Waals surface area contributed by atoms with Gasteiger partial charge in [-0.15, -0.1) is 10.2 Å². The number of hydrogen-bond donors (Lipinski definition) is 1. The Labute approximate surface area is 192 Å². The third-order valence-electron chi connectivity index (χ3n) is 4.68. The second kappa shape index (κ2) is 12.4. The fraction of sp³-hybridized carbons (Fsp3) is 0.667. The quantitative estimate of drug-likeness (QED) is 0.409. The zero-order valence-corrected chi connectivity index (χ0v) is 20.3. The van der Waals surface area contributed by atoms with Crippen molar-refractivity contribution in [2.24, 2.45) is 0 Å². The molecule has 0 saturated heterocycles. The number of methoxy groups -OCH3 is 4. The van der Waals surface area contributed by atoms with Crippen molar-refractivity contribution >= 4 is 27.6 Å². The van der Waals surface area contributed by atoms with E-state index in [0.29, 0.717) is 23.9 Å². The number of anilines is 1. The van der Waals surface area contributed by atoms with Crippen molar-refractivity contribution in [2.45, 2.75) is 30.7 Å². The van der Waals surface area contributed by atoms with Gasteiger partial charge in [-0.2, -0.15) is 0 Å². The maximum Gasteiger partial charge on any atom is 0.240 e. The Balaban J connectivity index is 2.37. The molecule has 0 aromatic carbocycles. The van der Waals surface area contributed by atoms with Gasteiger partial charge in [0.25, 0.3) is 0 Å². The third kappa shape index (κ3) is 6.56. The van der Waals surface area contributed by atoms with Crippen LogP contribution in [0.1, 0.15) is 30.7 Å². The highest BCUT2D eigenvalue weighted by molar-refractivity contribution is 7.93. The lowest BCUT2D eigenvalue weighted by atomic mass is 10.2. The van der Waals surface area contributed by atoms with Gasteiger partial charge in [0, 0.05) is 47.3 Å². The van der Waals surface area contributed by atoms with E-state index in [-0.39, 0.29) is 31.0 Å². The van der Waals surface area contributed by atoms with E-state index in [1.165, 1.54) is 26.4 Å². The Morgan fingerprint density at radius 3 is 2.22 bits per heavy atom. The predicted molar refractivity (Wildman–Crippen MR) is 117 cm³/mol. The number of aromatic nitrogens is 5. The van der Waals surface area contributed by atoms with Crippen LogP contribution in [-0.4, -0.2) is 86.7 Å². The second-order valence-electron chi connectivity index (χ2n) is 6.89. The number of nitrogens with one attached hydrogen (secondary N) is 1. The molecule has 2 unspecified atom stereocenters. The Hall–Kier alpha value is -1.90. The summed E-state index contributed by atoms with van der Waals surface area (Å²) in [6.07, 6.45) is 2.23. The lowest BCUT2D eigenvalue weighted by molar-refractivity contribution is 0.0881. The van der Waals surface area contributed by atoms with Crippen LogP contribution in [0.3, 0.4) is 0 Å². The number of rotatable bonds is 14. The molecule has 0 fully saturated rings. The molecule has 0 aliphatic rings. The molecule has 12 nitrogen and oxygen atoms in total. The topological polar surface area (TPSA) is 140 Å². The zero-order valence-electron chi connectivity index (χ0n) is 18.7. The first-order valence-corrected chi connectivity index (χ1v) is 11.6. The summed E-state index contributed by atoms with van der Waals surface area (Å²) < 4.78 is 51.7. The van der Waals surface area contributed by atoms with Gasteiger partial charge in [-0.25, -0.2) is 18.4 Å². The van der Waals surface area contributed by atoms with Crippen molar-refractivity contribution in [3.63, 3.8) is 0 Å². The molecule has 2 rings (SSSR count). The van der Waals surface area contributed by atoms with Crippen molar-refractivity contribution in [3.8, 4) is 0 Å². The summed E-state index contributed by atoms with van der Waals surface area (Å²) in [4.78, 5) is 8.17. The lowest BCUT2D eigenvalue weighted by Gasteiger charge is -2.24. The van der Waals surface area contributed by atoms with Crippen LogP contribution >= 0.6 is 11.6 Å². The van der Waals surface area contributed by atoms with Gasteiger partial charge < -0.3 is 18.9 Å². The van der Waals surface area contributed by atoms with E-state index in [2.05, 4.69) is 24.9 Å². The number of hydrogen-bond acceptors (Lipinski definition) is 10. The van der Waals surface area contributed by atoms with E-state index in [0.717, 1.165) is 0 Å². The molecular formula is C18H29ClN6O6S. The van der Waals surface area contributed by atoms with Crippen LogP contribution in [0.25, 0.3) is 0 Å². The molecule has 0 bridgehead atoms. The minimum atomic E-state index is -4.00. The monoisotopic (exact) mass is 492 g/mol. The Kier molecular flexibility index (Phi) is 10.2. The van der Waals surface area contributed by atoms with Crippen LogP contribution in [0, 0.1) is 0 Å². The van der Waals surface area contributed by atoms with Crippen LogP contribution in [0.15, 0.2) is 12.4 Å². The molecule has 180 valence electrons. The average Bonchev–Trinajstić information content (AvgIpc) is 3.15. The largest absolute Gasteiger partial charge is 0.384 e. The molecule has 2 heterocycles. The molecule has 0 saturated carbocycles. The van der Waals surface area contributed by atoms with Crippen molar-refractivity contribution in [3.05, 3.63) is 29.1 Å². The summed E-state index contributed by atoms with van der Waals surface area (Å²) in [6, 6.07) is -0.363. The smallest absolute Gasteiger partial charge is 0.240 e. The maximum atomic E-state index is 13.2. The van der Waals surface area contributed by atoms with Gasteiger partial charge in [0.1, 0.15) is 17.2 Å². The first-order valence-electron chi connectivity index (χ1n) is 9.71. The van der Waals surface area contributed by atoms with Gasteiger partial charge in [0.05, 0.1) is 30.9 Å². The molecule has 0 spiro atoms. The molecule has 14 heteroatoms. The molecule has 2 aromatic heterocycles. The number of ether oxygens (including phenoxy) is 4. The fourth-order valence-corrected chi connectivity index (χ4v) is 4.32. The minimum absolute atomic E-state index is 0.0360. The van der Waals surface area contributed by atoms with E-state index >= 15 is 0 Å². The summed E-state index contributed by atoms with van der Waals surface area (Å²) in [5, 5.41) is 7.46. The summed E-state index contributed by atoms with van der Waals surface area (Å²) in [7, 11) is 2.04. The standard InChI is InChI=1S/C18H29ClN6O6S/c1-12(16(31-5)17-20-8-13(19)9-21-17)32(26,27)24-18-23-22-15(6-7-28-2)25(18)14(10-29-3)11-30-4/h8-9,12,14,16H,6-7,10-11H2,1-5H3,(H,23,24). The van der Waals surface area contributed by atoms with Crippen LogP contribution < -0.4 is 4.72 Å². The first-order chi connectivity index (χ1) is 15.3. The van der Waals surface area contributed by atoms with E-state index in [9.17, 15) is 8.42 Å². The fourth-order valence-electron chi connectivity index (χ4n) is 3.08. The highest BCUT2D eigenvalue weighted by Crippen LogP contribution is 2.26. The molecule has 0 aliphatic heterocycles. The highest BCUT2D eigenvalue weighted by atomic mass is 35.5. The molecule has 0 radical (unpaired) electrons. The van der Waals surface area contributed by atoms with Crippen LogP contribution in [0.4, 0.5) is 5.95 Å². The van der Waals surface area contributed by atoms with Crippen LogP contribution in [0.2, 0.25) is 5.02 Å². The molecular weight excluding hydrogens is 464 g/mol. The van der Waals surface area contributed by atoms with E-state index in [1.807, 2.05) is 0 Å². The summed E-state index contributed by atoms with van der Waals surface area (Å²) in [6.45, 7) is 2.39. The molecule has 2 aromatic rings. The van der Waals surface area contributed by atoms with Crippen molar-refractivity contribution < 1.29 is 27.4 Å². The molecule has 0 aliphatic carbocycles. The number of halogens is 1. The van der Waals surface area contributed by atoms with Gasteiger partial charge in [-0.3, -0.25) is 9.29 Å². The SMILES string of the molecule is COCCc1nnc(NS(=O)(=O)C(C)C(OC)c2ncc(Cl)cn2)n1C(COC)COC. The second-order valence-corrected chi connectivity index (χ2v) is 9.36. The number of sulfonamides is 1. The first kappa shape index (κ1) is 26.4. The van der Waals surface area contributed by atoms with Gasteiger partial charge in [0.2, 0.25) is 16.0 Å². The Bertz CT molecular complexity index is 936. The summed E-state index contributed by atoms with van der Waals surface area (Å²) in [5.74, 6) is 0.753. The minimum Gasteiger partial charge on any atom is -0.384 e. The van der Waals surface area contributed by atoms with Gasteiger partial charge in [-0.05, 0) is 6.92 Å². The zero-order chi connectivity index (χ0) is 23.7. The van der Waals surface area contributed by atoms with E-state index in [4.69, 9.17) is 30.5 Å². The predicted octanol–water partition coefficient (Wildman–Crippen LogP) is 1.26. The molecule has 0 amide bonds. The third-order valence-corrected chi connectivity index (χ3v) is 6.57.